The van der Waals surface area contributed by atoms with Gasteiger partial charge in [0.2, 0.25) is 5.91 Å². The number of ether oxygens (including phenoxy) is 1. The van der Waals surface area contributed by atoms with Crippen LogP contribution in [0.1, 0.15) is 24.0 Å². The third-order valence-electron chi connectivity index (χ3n) is 4.60. The van der Waals surface area contributed by atoms with Crippen LogP contribution in [0.3, 0.4) is 0 Å². The Morgan fingerprint density at radius 2 is 1.77 bits per heavy atom. The molecule has 3 nitrogen and oxygen atoms in total. The summed E-state index contributed by atoms with van der Waals surface area (Å²) in [5.74, 6) is 0.991. The molecule has 3 heteroatoms. The minimum Gasteiger partial charge on any atom is -0.497 e. The second-order valence-corrected chi connectivity index (χ2v) is 6.44. The highest BCUT2D eigenvalue weighted by Crippen LogP contribution is 2.19. The first-order valence-corrected chi connectivity index (χ1v) is 9.12. The van der Waals surface area contributed by atoms with E-state index in [0.717, 1.165) is 25.0 Å². The molecule has 0 fully saturated rings. The number of nitrogens with one attached hydrogen (secondary N) is 1. The van der Waals surface area contributed by atoms with E-state index >= 15 is 0 Å². The lowest BCUT2D eigenvalue weighted by Gasteiger charge is -2.08. The van der Waals surface area contributed by atoms with Crippen molar-refractivity contribution in [1.82, 2.24) is 5.32 Å². The summed E-state index contributed by atoms with van der Waals surface area (Å²) < 4.78 is 5.23. The van der Waals surface area contributed by atoms with Gasteiger partial charge >= 0.3 is 0 Å². The van der Waals surface area contributed by atoms with Crippen molar-refractivity contribution in [2.45, 2.75) is 25.7 Å². The molecule has 0 aromatic heterocycles. The monoisotopic (exact) mass is 347 g/mol. The SMILES string of the molecule is COc1cccc(CCCNC(=O)CCc2cccc3ccccc23)c1. The Balaban J connectivity index is 1.43. The zero-order valence-electron chi connectivity index (χ0n) is 15.2. The molecule has 1 amide bonds. The van der Waals surface area contributed by atoms with Crippen molar-refractivity contribution in [2.75, 3.05) is 13.7 Å². The lowest BCUT2D eigenvalue weighted by molar-refractivity contribution is -0.121. The minimum absolute atomic E-state index is 0.114. The number of aryl methyl sites for hydroxylation is 2. The van der Waals surface area contributed by atoms with Gasteiger partial charge in [-0.1, -0.05) is 54.6 Å². The van der Waals surface area contributed by atoms with Gasteiger partial charge in [0.15, 0.2) is 0 Å². The van der Waals surface area contributed by atoms with Crippen LogP contribution in [-0.4, -0.2) is 19.6 Å². The maximum atomic E-state index is 12.1. The van der Waals surface area contributed by atoms with E-state index in [0.29, 0.717) is 13.0 Å². The highest BCUT2D eigenvalue weighted by atomic mass is 16.5. The molecule has 0 unspecified atom stereocenters. The topological polar surface area (TPSA) is 38.3 Å². The van der Waals surface area contributed by atoms with E-state index in [9.17, 15) is 4.79 Å². The fourth-order valence-electron chi connectivity index (χ4n) is 3.20. The zero-order chi connectivity index (χ0) is 18.2. The molecule has 0 spiro atoms. The Morgan fingerprint density at radius 3 is 2.65 bits per heavy atom. The summed E-state index contributed by atoms with van der Waals surface area (Å²) >= 11 is 0. The van der Waals surface area contributed by atoms with Crippen molar-refractivity contribution >= 4 is 16.7 Å². The highest BCUT2D eigenvalue weighted by Gasteiger charge is 2.05. The molecule has 3 rings (SSSR count). The van der Waals surface area contributed by atoms with Gasteiger partial charge in [0, 0.05) is 13.0 Å². The predicted octanol–water partition coefficient (Wildman–Crippen LogP) is 4.53. The minimum atomic E-state index is 0.114. The van der Waals surface area contributed by atoms with Gasteiger partial charge in [0.1, 0.15) is 5.75 Å². The molecular formula is C23H25NO2. The molecule has 0 aliphatic rings. The van der Waals surface area contributed by atoms with Gasteiger partial charge in [-0.25, -0.2) is 0 Å². The number of hydrogen-bond donors (Lipinski definition) is 1. The number of carbonyl (C=O) groups excluding carboxylic acids is 1. The summed E-state index contributed by atoms with van der Waals surface area (Å²) in [5.41, 5.74) is 2.46. The molecule has 0 heterocycles. The predicted molar refractivity (Wildman–Crippen MR) is 107 cm³/mol. The molecule has 1 N–H and O–H groups in total. The lowest BCUT2D eigenvalue weighted by Crippen LogP contribution is -2.25. The van der Waals surface area contributed by atoms with E-state index in [4.69, 9.17) is 4.74 Å². The molecule has 0 radical (unpaired) electrons. The van der Waals surface area contributed by atoms with E-state index in [1.54, 1.807) is 7.11 Å². The number of carbonyl (C=O) groups is 1. The van der Waals surface area contributed by atoms with Crippen molar-refractivity contribution < 1.29 is 9.53 Å². The molecule has 0 bridgehead atoms. The van der Waals surface area contributed by atoms with Gasteiger partial charge in [-0.2, -0.15) is 0 Å². The maximum Gasteiger partial charge on any atom is 0.220 e. The summed E-state index contributed by atoms with van der Waals surface area (Å²) in [7, 11) is 1.68. The van der Waals surface area contributed by atoms with Crippen molar-refractivity contribution in [2.24, 2.45) is 0 Å². The largest absolute Gasteiger partial charge is 0.497 e. The Hall–Kier alpha value is -2.81. The van der Waals surface area contributed by atoms with Crippen LogP contribution in [0.5, 0.6) is 5.75 Å². The second-order valence-electron chi connectivity index (χ2n) is 6.44. The van der Waals surface area contributed by atoms with E-state index in [1.807, 2.05) is 30.3 Å². The second kappa shape index (κ2) is 9.04. The van der Waals surface area contributed by atoms with E-state index in [2.05, 4.69) is 41.7 Å². The molecule has 26 heavy (non-hydrogen) atoms. The van der Waals surface area contributed by atoms with Crippen LogP contribution in [0.25, 0.3) is 10.8 Å². The zero-order valence-corrected chi connectivity index (χ0v) is 15.2. The molecule has 3 aromatic carbocycles. The van der Waals surface area contributed by atoms with Gasteiger partial charge in [-0.15, -0.1) is 0 Å². The summed E-state index contributed by atoms with van der Waals surface area (Å²) in [6, 6.07) is 22.7. The molecular weight excluding hydrogens is 322 g/mol. The van der Waals surface area contributed by atoms with Gasteiger partial charge in [-0.3, -0.25) is 4.79 Å². The number of amides is 1. The summed E-state index contributed by atoms with van der Waals surface area (Å²) in [4.78, 5) is 12.1. The molecule has 0 atom stereocenters. The van der Waals surface area contributed by atoms with Gasteiger partial charge in [-0.05, 0) is 53.3 Å². The van der Waals surface area contributed by atoms with E-state index in [-0.39, 0.29) is 5.91 Å². The number of methoxy groups -OCH3 is 1. The van der Waals surface area contributed by atoms with Crippen molar-refractivity contribution in [3.8, 4) is 5.75 Å². The third-order valence-corrected chi connectivity index (χ3v) is 4.60. The average molecular weight is 347 g/mol. The van der Waals surface area contributed by atoms with E-state index < -0.39 is 0 Å². The Bertz CT molecular complexity index is 867. The van der Waals surface area contributed by atoms with Gasteiger partial charge in [0.05, 0.1) is 7.11 Å². The lowest BCUT2D eigenvalue weighted by atomic mass is 10.0. The quantitative estimate of drug-likeness (QED) is 0.608. The molecule has 0 saturated carbocycles. The van der Waals surface area contributed by atoms with Crippen LogP contribution in [0.2, 0.25) is 0 Å². The Kier molecular flexibility index (Phi) is 6.26. The smallest absolute Gasteiger partial charge is 0.220 e. The third kappa shape index (κ3) is 4.85. The van der Waals surface area contributed by atoms with Crippen LogP contribution in [0, 0.1) is 0 Å². The molecule has 0 aliphatic carbocycles. The summed E-state index contributed by atoms with van der Waals surface area (Å²) in [5, 5.41) is 5.49. The molecule has 0 saturated heterocycles. The van der Waals surface area contributed by atoms with Gasteiger partial charge in [0.25, 0.3) is 0 Å². The Labute approximate surface area is 155 Å². The maximum absolute atomic E-state index is 12.1. The van der Waals surface area contributed by atoms with Crippen molar-refractivity contribution in [3.63, 3.8) is 0 Å². The standard InChI is InChI=1S/C23H25NO2/c1-26-21-12-4-7-18(17-21)8-6-16-24-23(25)15-14-20-11-5-10-19-9-2-3-13-22(19)20/h2-5,7,9-13,17H,6,8,14-16H2,1H3,(H,24,25). The first kappa shape index (κ1) is 18.0. The average Bonchev–Trinajstić information content (AvgIpc) is 2.69. The van der Waals surface area contributed by atoms with Crippen LogP contribution in [0.15, 0.2) is 66.7 Å². The number of fused-ring (bicyclic) bond motifs is 1. The van der Waals surface area contributed by atoms with Crippen LogP contribution >= 0.6 is 0 Å². The molecule has 0 aliphatic heterocycles. The van der Waals surface area contributed by atoms with Gasteiger partial charge < -0.3 is 10.1 Å². The fraction of sp³-hybridized carbons (Fsp3) is 0.261. The van der Waals surface area contributed by atoms with Crippen molar-refractivity contribution in [1.29, 1.82) is 0 Å². The first-order valence-electron chi connectivity index (χ1n) is 9.12. The molecule has 134 valence electrons. The number of benzene rings is 3. The number of hydrogen-bond acceptors (Lipinski definition) is 2. The summed E-state index contributed by atoms with van der Waals surface area (Å²) in [6.45, 7) is 0.700. The van der Waals surface area contributed by atoms with Crippen LogP contribution in [0.4, 0.5) is 0 Å². The fourth-order valence-corrected chi connectivity index (χ4v) is 3.20. The molecule has 3 aromatic rings. The van der Waals surface area contributed by atoms with Crippen molar-refractivity contribution in [3.05, 3.63) is 77.9 Å². The Morgan fingerprint density at radius 1 is 0.962 bits per heavy atom. The van der Waals surface area contributed by atoms with Crippen LogP contribution < -0.4 is 10.1 Å². The number of rotatable bonds is 8. The highest BCUT2D eigenvalue weighted by molar-refractivity contribution is 5.86. The van der Waals surface area contributed by atoms with E-state index in [1.165, 1.54) is 21.9 Å². The van der Waals surface area contributed by atoms with Crippen LogP contribution in [-0.2, 0) is 17.6 Å². The first-order chi connectivity index (χ1) is 12.8. The normalized spacial score (nSPS) is 10.7. The summed E-state index contributed by atoms with van der Waals surface area (Å²) in [6.07, 6.45) is 3.14.